The van der Waals surface area contributed by atoms with Crippen LogP contribution in [0.5, 0.6) is 0 Å². The van der Waals surface area contributed by atoms with Crippen LogP contribution in [0.4, 0.5) is 8.78 Å². The number of aromatic amines is 1. The van der Waals surface area contributed by atoms with Crippen LogP contribution in [0.2, 0.25) is 0 Å². The van der Waals surface area contributed by atoms with Gasteiger partial charge in [0.05, 0.1) is 23.8 Å². The number of halogens is 2. The summed E-state index contributed by atoms with van der Waals surface area (Å²) in [5.74, 6) is -0.366. The van der Waals surface area contributed by atoms with Crippen molar-refractivity contribution in [1.82, 2.24) is 29.6 Å². The third-order valence-electron chi connectivity index (χ3n) is 4.23. The number of carbonyl (C=O) groups is 1. The van der Waals surface area contributed by atoms with E-state index in [1.165, 1.54) is 0 Å². The maximum Gasteiger partial charge on any atom is 0.333 e. The van der Waals surface area contributed by atoms with Gasteiger partial charge in [0.25, 0.3) is 5.91 Å². The van der Waals surface area contributed by atoms with Gasteiger partial charge >= 0.3 is 6.55 Å². The van der Waals surface area contributed by atoms with E-state index >= 15 is 0 Å². The number of alkyl halides is 2. The average Bonchev–Trinajstić information content (AvgIpc) is 3.30. The molecule has 3 aromatic rings. The summed E-state index contributed by atoms with van der Waals surface area (Å²) in [7, 11) is 0. The van der Waals surface area contributed by atoms with Crippen LogP contribution in [0.25, 0.3) is 0 Å². The number of rotatable bonds is 3. The number of fused-ring (bicyclic) bond motifs is 1. The third kappa shape index (κ3) is 2.67. The standard InChI is InChI=1S/C16H14F2N6O/c17-16(18)24-8-11(7-22-24)15(25)23-5-3-12-13(21-9-20-12)14(23)10-2-1-4-19-6-10/h1-2,4,6-9,14,16H,3,5H2,(H,20,21). The fraction of sp³-hybridized carbons (Fsp3) is 0.250. The fourth-order valence-corrected chi connectivity index (χ4v) is 3.09. The van der Waals surface area contributed by atoms with E-state index in [1.54, 1.807) is 29.7 Å². The topological polar surface area (TPSA) is 79.7 Å². The van der Waals surface area contributed by atoms with Crippen LogP contribution in [-0.4, -0.2) is 42.1 Å². The highest BCUT2D eigenvalue weighted by molar-refractivity contribution is 5.94. The number of H-pyrrole nitrogens is 1. The molecule has 25 heavy (non-hydrogen) atoms. The smallest absolute Gasteiger partial charge is 0.333 e. The molecular formula is C16H14F2N6O. The van der Waals surface area contributed by atoms with E-state index in [2.05, 4.69) is 20.1 Å². The molecule has 128 valence electrons. The summed E-state index contributed by atoms with van der Waals surface area (Å²) in [6.45, 7) is -2.34. The minimum absolute atomic E-state index is 0.119. The van der Waals surface area contributed by atoms with Gasteiger partial charge in [0.1, 0.15) is 6.04 Å². The Kier molecular flexibility index (Phi) is 3.75. The van der Waals surface area contributed by atoms with Crippen LogP contribution >= 0.6 is 0 Å². The van der Waals surface area contributed by atoms with E-state index in [0.717, 1.165) is 29.3 Å². The first-order valence-electron chi connectivity index (χ1n) is 7.70. The summed E-state index contributed by atoms with van der Waals surface area (Å²) in [5, 5.41) is 3.55. The Balaban J connectivity index is 1.73. The zero-order chi connectivity index (χ0) is 17.4. The quantitative estimate of drug-likeness (QED) is 0.790. The molecule has 1 unspecified atom stereocenters. The highest BCUT2D eigenvalue weighted by Gasteiger charge is 2.35. The zero-order valence-corrected chi connectivity index (χ0v) is 13.0. The molecule has 1 N–H and O–H groups in total. The van der Waals surface area contributed by atoms with Crippen molar-refractivity contribution in [1.29, 1.82) is 0 Å². The lowest BCUT2D eigenvalue weighted by Gasteiger charge is -2.34. The molecule has 0 bridgehead atoms. The van der Waals surface area contributed by atoms with Crippen LogP contribution in [0.1, 0.15) is 39.9 Å². The molecule has 0 radical (unpaired) electrons. The number of imidazole rings is 1. The number of amides is 1. The van der Waals surface area contributed by atoms with Crippen LogP contribution in [-0.2, 0) is 6.42 Å². The van der Waals surface area contributed by atoms with Crippen LogP contribution in [0.15, 0.2) is 43.2 Å². The van der Waals surface area contributed by atoms with Gasteiger partial charge in [0.2, 0.25) is 0 Å². The lowest BCUT2D eigenvalue weighted by Crippen LogP contribution is -2.40. The Morgan fingerprint density at radius 2 is 2.24 bits per heavy atom. The number of aromatic nitrogens is 5. The van der Waals surface area contributed by atoms with E-state index in [9.17, 15) is 13.6 Å². The lowest BCUT2D eigenvalue weighted by molar-refractivity contribution is 0.0562. The molecule has 0 aromatic carbocycles. The maximum absolute atomic E-state index is 12.9. The molecule has 3 aromatic heterocycles. The molecule has 0 aliphatic carbocycles. The molecule has 0 spiro atoms. The van der Waals surface area contributed by atoms with Gasteiger partial charge in [-0.1, -0.05) is 6.07 Å². The van der Waals surface area contributed by atoms with Crippen molar-refractivity contribution < 1.29 is 13.6 Å². The Bertz CT molecular complexity index is 891. The highest BCUT2D eigenvalue weighted by Crippen LogP contribution is 2.34. The van der Waals surface area contributed by atoms with Crippen molar-refractivity contribution in [3.8, 4) is 0 Å². The highest BCUT2D eigenvalue weighted by atomic mass is 19.3. The molecule has 9 heteroatoms. The van der Waals surface area contributed by atoms with Crippen molar-refractivity contribution in [2.45, 2.75) is 19.0 Å². The first-order chi connectivity index (χ1) is 12.1. The van der Waals surface area contributed by atoms with E-state index in [-0.39, 0.29) is 11.5 Å². The van der Waals surface area contributed by atoms with Crippen molar-refractivity contribution in [2.75, 3.05) is 6.54 Å². The second-order valence-electron chi connectivity index (χ2n) is 5.69. The molecule has 4 rings (SSSR count). The number of nitrogens with zero attached hydrogens (tertiary/aromatic N) is 5. The Labute approximate surface area is 141 Å². The van der Waals surface area contributed by atoms with Gasteiger partial charge in [-0.2, -0.15) is 13.9 Å². The molecule has 1 aliphatic heterocycles. The van der Waals surface area contributed by atoms with E-state index in [4.69, 9.17) is 0 Å². The normalized spacial score (nSPS) is 16.9. The fourth-order valence-electron chi connectivity index (χ4n) is 3.09. The lowest BCUT2D eigenvalue weighted by atomic mass is 9.96. The maximum atomic E-state index is 12.9. The average molecular weight is 344 g/mol. The molecule has 7 nitrogen and oxygen atoms in total. The van der Waals surface area contributed by atoms with E-state index < -0.39 is 12.6 Å². The predicted octanol–water partition coefficient (Wildman–Crippen LogP) is 2.18. The minimum Gasteiger partial charge on any atom is -0.348 e. The second kappa shape index (κ2) is 6.08. The van der Waals surface area contributed by atoms with Gasteiger partial charge in [-0.25, -0.2) is 9.67 Å². The molecule has 1 aliphatic rings. The van der Waals surface area contributed by atoms with Gasteiger partial charge in [0, 0.05) is 37.3 Å². The van der Waals surface area contributed by atoms with Crippen LogP contribution in [0, 0.1) is 0 Å². The van der Waals surface area contributed by atoms with E-state index in [0.29, 0.717) is 17.6 Å². The first-order valence-corrected chi connectivity index (χ1v) is 7.70. The molecule has 1 amide bonds. The van der Waals surface area contributed by atoms with Gasteiger partial charge in [-0.05, 0) is 11.6 Å². The van der Waals surface area contributed by atoms with Crippen molar-refractivity contribution in [3.05, 3.63) is 65.8 Å². The summed E-state index contributed by atoms with van der Waals surface area (Å²) >= 11 is 0. The Hall–Kier alpha value is -3.10. The molecule has 1 atom stereocenters. The third-order valence-corrected chi connectivity index (χ3v) is 4.23. The van der Waals surface area contributed by atoms with Gasteiger partial charge < -0.3 is 9.88 Å². The van der Waals surface area contributed by atoms with Gasteiger partial charge in [-0.15, -0.1) is 0 Å². The molecule has 0 fully saturated rings. The molecule has 0 saturated carbocycles. The summed E-state index contributed by atoms with van der Waals surface area (Å²) in [4.78, 5) is 26.1. The minimum atomic E-state index is -2.78. The zero-order valence-electron chi connectivity index (χ0n) is 13.0. The second-order valence-corrected chi connectivity index (χ2v) is 5.69. The monoisotopic (exact) mass is 344 g/mol. The number of pyridine rings is 1. The van der Waals surface area contributed by atoms with Gasteiger partial charge in [-0.3, -0.25) is 9.78 Å². The Morgan fingerprint density at radius 1 is 1.36 bits per heavy atom. The van der Waals surface area contributed by atoms with Gasteiger partial charge in [0.15, 0.2) is 0 Å². The summed E-state index contributed by atoms with van der Waals surface area (Å²) in [6.07, 6.45) is 7.76. The molecular weight excluding hydrogens is 330 g/mol. The summed E-state index contributed by atoms with van der Waals surface area (Å²) in [6, 6.07) is 3.23. The summed E-state index contributed by atoms with van der Waals surface area (Å²) in [5.41, 5.74) is 2.63. The number of hydrogen-bond acceptors (Lipinski definition) is 4. The van der Waals surface area contributed by atoms with Crippen molar-refractivity contribution >= 4 is 5.91 Å². The summed E-state index contributed by atoms with van der Waals surface area (Å²) < 4.78 is 25.9. The van der Waals surface area contributed by atoms with Crippen molar-refractivity contribution in [3.63, 3.8) is 0 Å². The van der Waals surface area contributed by atoms with Crippen LogP contribution in [0.3, 0.4) is 0 Å². The molecule has 4 heterocycles. The molecule has 0 saturated heterocycles. The first kappa shape index (κ1) is 15.4. The Morgan fingerprint density at radius 3 is 2.96 bits per heavy atom. The predicted molar refractivity (Wildman–Crippen MR) is 82.9 cm³/mol. The number of nitrogens with one attached hydrogen (secondary N) is 1. The van der Waals surface area contributed by atoms with Crippen molar-refractivity contribution in [2.24, 2.45) is 0 Å². The number of hydrogen-bond donors (Lipinski definition) is 1. The number of carbonyl (C=O) groups excluding carboxylic acids is 1. The van der Waals surface area contributed by atoms with Crippen LogP contribution < -0.4 is 0 Å². The SMILES string of the molecule is O=C(c1cnn(C(F)F)c1)N1CCc2[nH]cnc2C1c1cccnc1. The van der Waals surface area contributed by atoms with E-state index in [1.807, 2.05) is 6.07 Å². The largest absolute Gasteiger partial charge is 0.348 e.